The molecule has 1 heterocycles. The Morgan fingerprint density at radius 3 is 2.41 bits per heavy atom. The van der Waals surface area contributed by atoms with Crippen LogP contribution in [0.4, 0.5) is 17.2 Å². The number of aromatic nitrogens is 2. The Morgan fingerprint density at radius 1 is 1.12 bits per heavy atom. The van der Waals surface area contributed by atoms with Gasteiger partial charge in [-0.3, -0.25) is 0 Å². The highest BCUT2D eigenvalue weighted by atomic mass is 35.5. The normalized spacial score (nSPS) is 10.1. The van der Waals surface area contributed by atoms with E-state index in [0.717, 1.165) is 11.4 Å². The van der Waals surface area contributed by atoms with Gasteiger partial charge in [0.25, 0.3) is 0 Å². The molecule has 2 aromatic rings. The van der Waals surface area contributed by atoms with Crippen molar-refractivity contribution in [2.45, 2.75) is 0 Å². The molecule has 2 rings (SSSR count). The summed E-state index contributed by atoms with van der Waals surface area (Å²) in [6.45, 7) is 0. The van der Waals surface area contributed by atoms with Crippen molar-refractivity contribution >= 4 is 28.8 Å². The first-order chi connectivity index (χ1) is 8.15. The molecule has 0 spiro atoms. The molecule has 0 radical (unpaired) electrons. The summed E-state index contributed by atoms with van der Waals surface area (Å²) in [4.78, 5) is 9.93. The van der Waals surface area contributed by atoms with Gasteiger partial charge >= 0.3 is 0 Å². The molecule has 1 N–H and O–H groups in total. The number of anilines is 3. The lowest BCUT2D eigenvalue weighted by Crippen LogP contribution is -2.08. The quantitative estimate of drug-likeness (QED) is 0.848. The molecule has 0 atom stereocenters. The first kappa shape index (κ1) is 11.7. The van der Waals surface area contributed by atoms with E-state index < -0.39 is 0 Å². The van der Waals surface area contributed by atoms with E-state index in [2.05, 4.69) is 15.3 Å². The van der Waals surface area contributed by atoms with Gasteiger partial charge in [-0.2, -0.15) is 0 Å². The highest BCUT2D eigenvalue weighted by Gasteiger charge is 1.99. The molecular weight excluding hydrogens is 236 g/mol. The molecular formula is C12H13ClN4. The highest BCUT2D eigenvalue weighted by Crippen LogP contribution is 2.19. The maximum absolute atomic E-state index is 5.71. The van der Waals surface area contributed by atoms with E-state index in [1.54, 1.807) is 12.3 Å². The molecule has 0 fully saturated rings. The number of halogens is 1. The molecule has 0 amide bonds. The minimum absolute atomic E-state index is 0.236. The Kier molecular flexibility index (Phi) is 3.44. The van der Waals surface area contributed by atoms with Crippen molar-refractivity contribution in [2.24, 2.45) is 0 Å². The molecule has 88 valence electrons. The summed E-state index contributed by atoms with van der Waals surface area (Å²) in [5, 5.41) is 3.39. The zero-order valence-corrected chi connectivity index (χ0v) is 10.4. The minimum atomic E-state index is 0.236. The number of benzene rings is 1. The molecule has 1 aromatic heterocycles. The van der Waals surface area contributed by atoms with Crippen molar-refractivity contribution in [3.63, 3.8) is 0 Å². The first-order valence-corrected chi connectivity index (χ1v) is 5.56. The molecule has 4 nitrogen and oxygen atoms in total. The molecule has 0 aliphatic heterocycles. The fraction of sp³-hybridized carbons (Fsp3) is 0.167. The van der Waals surface area contributed by atoms with Crippen LogP contribution < -0.4 is 10.2 Å². The van der Waals surface area contributed by atoms with Gasteiger partial charge < -0.3 is 10.2 Å². The van der Waals surface area contributed by atoms with Crippen LogP contribution in [-0.4, -0.2) is 24.1 Å². The van der Waals surface area contributed by atoms with E-state index in [0.29, 0.717) is 5.82 Å². The smallest absolute Gasteiger partial charge is 0.224 e. The first-order valence-electron chi connectivity index (χ1n) is 5.18. The Morgan fingerprint density at radius 2 is 1.82 bits per heavy atom. The molecule has 0 aliphatic rings. The number of hydrogen-bond acceptors (Lipinski definition) is 4. The third-order valence-corrected chi connectivity index (χ3v) is 2.46. The van der Waals surface area contributed by atoms with Crippen LogP contribution in [0.3, 0.4) is 0 Å². The summed E-state index contributed by atoms with van der Waals surface area (Å²) >= 11 is 5.71. The van der Waals surface area contributed by atoms with Crippen molar-refractivity contribution in [1.82, 2.24) is 9.97 Å². The van der Waals surface area contributed by atoms with Crippen LogP contribution in [-0.2, 0) is 0 Å². The summed E-state index contributed by atoms with van der Waals surface area (Å²) in [6.07, 6.45) is 1.62. The van der Waals surface area contributed by atoms with Gasteiger partial charge in [0, 0.05) is 31.7 Å². The SMILES string of the molecule is CN(C)c1ccc(Nc2ccnc(Cl)n2)cc1. The predicted molar refractivity (Wildman–Crippen MR) is 71.1 cm³/mol. The van der Waals surface area contributed by atoms with Crippen molar-refractivity contribution < 1.29 is 0 Å². The standard InChI is InChI=1S/C12H13ClN4/c1-17(2)10-5-3-9(4-6-10)15-11-7-8-14-12(13)16-11/h3-8H,1-2H3,(H,14,15,16). The molecule has 1 aromatic carbocycles. The van der Waals surface area contributed by atoms with Crippen LogP contribution in [0.1, 0.15) is 0 Å². The molecule has 0 saturated heterocycles. The fourth-order valence-corrected chi connectivity index (χ4v) is 1.54. The zero-order chi connectivity index (χ0) is 12.3. The predicted octanol–water partition coefficient (Wildman–Crippen LogP) is 2.94. The lowest BCUT2D eigenvalue weighted by Gasteiger charge is -2.13. The second-order valence-corrected chi connectivity index (χ2v) is 4.12. The lowest BCUT2D eigenvalue weighted by atomic mass is 10.2. The summed E-state index contributed by atoms with van der Waals surface area (Å²) < 4.78 is 0. The second-order valence-electron chi connectivity index (χ2n) is 3.78. The summed E-state index contributed by atoms with van der Waals surface area (Å²) in [5.41, 5.74) is 2.11. The third kappa shape index (κ3) is 3.07. The number of nitrogens with zero attached hydrogens (tertiary/aromatic N) is 3. The molecule has 5 heteroatoms. The monoisotopic (exact) mass is 248 g/mol. The second kappa shape index (κ2) is 5.01. The zero-order valence-electron chi connectivity index (χ0n) is 9.68. The van der Waals surface area contributed by atoms with Gasteiger partial charge in [-0.15, -0.1) is 0 Å². The maximum atomic E-state index is 5.71. The van der Waals surface area contributed by atoms with E-state index in [9.17, 15) is 0 Å². The van der Waals surface area contributed by atoms with Crippen LogP contribution in [0.2, 0.25) is 5.28 Å². The van der Waals surface area contributed by atoms with Crippen molar-refractivity contribution in [1.29, 1.82) is 0 Å². The van der Waals surface area contributed by atoms with E-state index in [-0.39, 0.29) is 5.28 Å². The fourth-order valence-electron chi connectivity index (χ4n) is 1.40. The van der Waals surface area contributed by atoms with Crippen molar-refractivity contribution in [3.8, 4) is 0 Å². The Labute approximate surface area is 105 Å². The lowest BCUT2D eigenvalue weighted by molar-refractivity contribution is 1.13. The van der Waals surface area contributed by atoms with Gasteiger partial charge in [0.05, 0.1) is 0 Å². The van der Waals surface area contributed by atoms with E-state index in [1.807, 2.05) is 43.3 Å². The van der Waals surface area contributed by atoms with Crippen LogP contribution in [0.15, 0.2) is 36.5 Å². The maximum Gasteiger partial charge on any atom is 0.224 e. The molecule has 0 unspecified atom stereocenters. The van der Waals surface area contributed by atoms with Crippen molar-refractivity contribution in [3.05, 3.63) is 41.8 Å². The molecule has 0 bridgehead atoms. The largest absolute Gasteiger partial charge is 0.378 e. The average molecular weight is 249 g/mol. The van der Waals surface area contributed by atoms with E-state index in [4.69, 9.17) is 11.6 Å². The third-order valence-electron chi connectivity index (χ3n) is 2.28. The Balaban J connectivity index is 2.14. The van der Waals surface area contributed by atoms with Gasteiger partial charge in [-0.05, 0) is 41.9 Å². The van der Waals surface area contributed by atoms with E-state index >= 15 is 0 Å². The van der Waals surface area contributed by atoms with Crippen molar-refractivity contribution in [2.75, 3.05) is 24.3 Å². The number of rotatable bonds is 3. The van der Waals surface area contributed by atoms with Crippen LogP contribution in [0.5, 0.6) is 0 Å². The number of hydrogen-bond donors (Lipinski definition) is 1. The van der Waals surface area contributed by atoms with Gasteiger partial charge in [-0.1, -0.05) is 0 Å². The van der Waals surface area contributed by atoms with Gasteiger partial charge in [0.2, 0.25) is 5.28 Å². The number of nitrogens with one attached hydrogen (secondary N) is 1. The highest BCUT2D eigenvalue weighted by molar-refractivity contribution is 6.28. The van der Waals surface area contributed by atoms with Crippen LogP contribution in [0.25, 0.3) is 0 Å². The summed E-state index contributed by atoms with van der Waals surface area (Å²) in [5.74, 6) is 0.683. The minimum Gasteiger partial charge on any atom is -0.378 e. The topological polar surface area (TPSA) is 41.0 Å². The van der Waals surface area contributed by atoms with Crippen LogP contribution >= 0.6 is 11.6 Å². The Bertz CT molecular complexity index is 496. The summed E-state index contributed by atoms with van der Waals surface area (Å²) in [6, 6.07) is 9.82. The van der Waals surface area contributed by atoms with E-state index in [1.165, 1.54) is 0 Å². The summed E-state index contributed by atoms with van der Waals surface area (Å²) in [7, 11) is 4.01. The van der Waals surface area contributed by atoms with Crippen LogP contribution in [0, 0.1) is 0 Å². The molecule has 0 aliphatic carbocycles. The molecule has 0 saturated carbocycles. The average Bonchev–Trinajstić information content (AvgIpc) is 2.29. The van der Waals surface area contributed by atoms with Gasteiger partial charge in [0.1, 0.15) is 5.82 Å². The molecule has 17 heavy (non-hydrogen) atoms. The van der Waals surface area contributed by atoms with Gasteiger partial charge in [0.15, 0.2) is 0 Å². The van der Waals surface area contributed by atoms with Gasteiger partial charge in [-0.25, -0.2) is 9.97 Å². The Hall–Kier alpha value is -1.81.